The quantitative estimate of drug-likeness (QED) is 0.319. The third-order valence-corrected chi connectivity index (χ3v) is 6.22. The third-order valence-electron chi connectivity index (χ3n) is 4.57. The maximum Gasteiger partial charge on any atom is 0.418 e. The molecular formula is C19H18ClF3N2O2S2. The van der Waals surface area contributed by atoms with Crippen LogP contribution in [0.5, 0.6) is 0 Å². The van der Waals surface area contributed by atoms with Crippen LogP contribution >= 0.6 is 35.2 Å². The molecular weight excluding hydrogens is 445 g/mol. The minimum absolute atomic E-state index is 0.0308. The van der Waals surface area contributed by atoms with Crippen molar-refractivity contribution in [1.82, 2.24) is 0 Å². The molecule has 156 valence electrons. The molecule has 1 heterocycles. The molecule has 2 N–H and O–H groups in total. The highest BCUT2D eigenvalue weighted by atomic mass is 35.5. The summed E-state index contributed by atoms with van der Waals surface area (Å²) in [6.07, 6.45) is 0.0855. The van der Waals surface area contributed by atoms with Crippen LogP contribution in [0.2, 0.25) is 5.02 Å². The predicted molar refractivity (Wildman–Crippen MR) is 113 cm³/mol. The summed E-state index contributed by atoms with van der Waals surface area (Å²) in [6.45, 7) is 0. The van der Waals surface area contributed by atoms with E-state index in [-0.39, 0.29) is 15.8 Å². The summed E-state index contributed by atoms with van der Waals surface area (Å²) >= 11 is 12.3. The van der Waals surface area contributed by atoms with Crippen molar-refractivity contribution in [2.45, 2.75) is 38.3 Å². The number of carbonyl (C=O) groups is 1. The van der Waals surface area contributed by atoms with Gasteiger partial charge in [-0.1, -0.05) is 18.0 Å². The Morgan fingerprint density at radius 1 is 1.21 bits per heavy atom. The van der Waals surface area contributed by atoms with Gasteiger partial charge in [0.15, 0.2) is 5.11 Å². The van der Waals surface area contributed by atoms with Crippen molar-refractivity contribution in [2.24, 2.45) is 0 Å². The fraction of sp³-hybridized carbons (Fsp3) is 0.368. The molecule has 4 nitrogen and oxygen atoms in total. The number of esters is 1. The Bertz CT molecular complexity index is 944. The van der Waals surface area contributed by atoms with Crippen molar-refractivity contribution in [3.8, 4) is 0 Å². The second-order valence-electron chi connectivity index (χ2n) is 6.53. The summed E-state index contributed by atoms with van der Waals surface area (Å²) in [6, 6.07) is 3.39. The van der Waals surface area contributed by atoms with E-state index in [2.05, 4.69) is 10.6 Å². The molecule has 0 aliphatic heterocycles. The van der Waals surface area contributed by atoms with Crippen LogP contribution in [-0.2, 0) is 23.8 Å². The summed E-state index contributed by atoms with van der Waals surface area (Å²) in [5, 5.41) is 5.84. The van der Waals surface area contributed by atoms with Crippen molar-refractivity contribution in [1.29, 1.82) is 0 Å². The van der Waals surface area contributed by atoms with E-state index < -0.39 is 17.7 Å². The number of anilines is 2. The molecule has 0 atom stereocenters. The monoisotopic (exact) mass is 462 g/mol. The van der Waals surface area contributed by atoms with E-state index in [1.807, 2.05) is 0 Å². The van der Waals surface area contributed by atoms with Crippen LogP contribution in [0.1, 0.15) is 45.6 Å². The molecule has 0 saturated carbocycles. The number of methoxy groups -OCH3 is 1. The number of halogens is 4. The fourth-order valence-electron chi connectivity index (χ4n) is 3.27. The lowest BCUT2D eigenvalue weighted by Crippen LogP contribution is -2.22. The molecule has 1 aliphatic carbocycles. The molecule has 1 aliphatic rings. The average molecular weight is 463 g/mol. The predicted octanol–water partition coefficient (Wildman–Crippen LogP) is 6.28. The number of fused-ring (bicyclic) bond motifs is 1. The van der Waals surface area contributed by atoms with E-state index >= 15 is 0 Å². The van der Waals surface area contributed by atoms with Gasteiger partial charge in [0.2, 0.25) is 0 Å². The first-order chi connectivity index (χ1) is 13.7. The zero-order valence-corrected chi connectivity index (χ0v) is 17.8. The number of hydrogen-bond acceptors (Lipinski definition) is 4. The van der Waals surface area contributed by atoms with Crippen molar-refractivity contribution >= 4 is 56.9 Å². The Labute approximate surface area is 180 Å². The van der Waals surface area contributed by atoms with Crippen molar-refractivity contribution < 1.29 is 22.7 Å². The van der Waals surface area contributed by atoms with E-state index in [4.69, 9.17) is 28.6 Å². The third kappa shape index (κ3) is 5.02. The van der Waals surface area contributed by atoms with Gasteiger partial charge < -0.3 is 15.4 Å². The lowest BCUT2D eigenvalue weighted by molar-refractivity contribution is -0.136. The summed E-state index contributed by atoms with van der Waals surface area (Å²) < 4.78 is 44.8. The van der Waals surface area contributed by atoms with Crippen molar-refractivity contribution in [3.63, 3.8) is 0 Å². The molecule has 1 aromatic carbocycles. The number of thiocarbonyl (C=S) groups is 1. The SMILES string of the molecule is COC(=O)c1c(NC(=S)Nc2ccc(Cl)cc2C(F)(F)F)sc2c1CCCCC2. The molecule has 29 heavy (non-hydrogen) atoms. The van der Waals surface area contributed by atoms with Crippen molar-refractivity contribution in [3.05, 3.63) is 44.8 Å². The zero-order valence-electron chi connectivity index (χ0n) is 15.4. The number of nitrogens with one attached hydrogen (secondary N) is 2. The summed E-state index contributed by atoms with van der Waals surface area (Å²) in [4.78, 5) is 13.4. The van der Waals surface area contributed by atoms with E-state index in [0.717, 1.165) is 48.6 Å². The Morgan fingerprint density at radius 3 is 2.62 bits per heavy atom. The first-order valence-corrected chi connectivity index (χ1v) is 10.5. The number of aryl methyl sites for hydroxylation is 1. The largest absolute Gasteiger partial charge is 0.465 e. The van der Waals surface area contributed by atoms with Crippen LogP contribution in [0.3, 0.4) is 0 Å². The summed E-state index contributed by atoms with van der Waals surface area (Å²) in [5.41, 5.74) is 0.194. The topological polar surface area (TPSA) is 50.4 Å². The van der Waals surface area contributed by atoms with Crippen LogP contribution in [0.15, 0.2) is 18.2 Å². The number of benzene rings is 1. The van der Waals surface area contributed by atoms with Crippen LogP contribution in [-0.4, -0.2) is 18.2 Å². The fourth-order valence-corrected chi connectivity index (χ4v) is 5.00. The molecule has 0 radical (unpaired) electrons. The summed E-state index contributed by atoms with van der Waals surface area (Å²) in [5.74, 6) is -0.489. The normalized spacial score (nSPS) is 14.0. The molecule has 0 fully saturated rings. The van der Waals surface area contributed by atoms with Crippen LogP contribution in [0, 0.1) is 0 Å². The number of alkyl halides is 3. The minimum Gasteiger partial charge on any atom is -0.465 e. The van der Waals surface area contributed by atoms with Gasteiger partial charge in [0.1, 0.15) is 5.00 Å². The average Bonchev–Trinajstić information content (AvgIpc) is 2.82. The van der Waals surface area contributed by atoms with Gasteiger partial charge in [-0.25, -0.2) is 4.79 Å². The number of thiophene rings is 1. The Balaban J connectivity index is 1.88. The minimum atomic E-state index is -4.60. The second-order valence-corrected chi connectivity index (χ2v) is 8.48. The number of rotatable bonds is 3. The highest BCUT2D eigenvalue weighted by Gasteiger charge is 2.34. The maximum absolute atomic E-state index is 13.3. The summed E-state index contributed by atoms with van der Waals surface area (Å²) in [7, 11) is 1.30. The van der Waals surface area contributed by atoms with Gasteiger partial charge >= 0.3 is 12.1 Å². The first-order valence-electron chi connectivity index (χ1n) is 8.88. The van der Waals surface area contributed by atoms with Crippen LogP contribution < -0.4 is 10.6 Å². The van der Waals surface area contributed by atoms with Crippen LogP contribution in [0.4, 0.5) is 23.9 Å². The van der Waals surface area contributed by atoms with Gasteiger partial charge in [0, 0.05) is 9.90 Å². The first kappa shape index (κ1) is 21.9. The van der Waals surface area contributed by atoms with Gasteiger partial charge in [-0.3, -0.25) is 0 Å². The van der Waals surface area contributed by atoms with Crippen molar-refractivity contribution in [2.75, 3.05) is 17.7 Å². The van der Waals surface area contributed by atoms with Gasteiger partial charge in [-0.05, 0) is 61.7 Å². The number of hydrogen-bond donors (Lipinski definition) is 2. The second kappa shape index (κ2) is 8.89. The molecule has 1 aromatic heterocycles. The number of carbonyl (C=O) groups excluding carboxylic acids is 1. The van der Waals surface area contributed by atoms with Gasteiger partial charge in [0.05, 0.1) is 23.9 Å². The molecule has 3 rings (SSSR count). The van der Waals surface area contributed by atoms with Gasteiger partial charge in [-0.2, -0.15) is 13.2 Å². The molecule has 0 bridgehead atoms. The molecule has 0 unspecified atom stereocenters. The Kier molecular flexibility index (Phi) is 6.70. The smallest absolute Gasteiger partial charge is 0.418 e. The van der Waals surface area contributed by atoms with E-state index in [9.17, 15) is 18.0 Å². The van der Waals surface area contributed by atoms with E-state index in [1.165, 1.54) is 30.6 Å². The lowest BCUT2D eigenvalue weighted by Gasteiger charge is -2.16. The molecule has 0 spiro atoms. The number of ether oxygens (including phenoxy) is 1. The highest BCUT2D eigenvalue weighted by molar-refractivity contribution is 7.80. The van der Waals surface area contributed by atoms with E-state index in [1.54, 1.807) is 0 Å². The highest BCUT2D eigenvalue weighted by Crippen LogP contribution is 2.39. The van der Waals surface area contributed by atoms with E-state index in [0.29, 0.717) is 10.6 Å². The maximum atomic E-state index is 13.3. The standard InChI is InChI=1S/C19H18ClF3N2O2S2/c1-27-17(26)15-11-5-3-2-4-6-14(11)29-16(15)25-18(28)24-13-8-7-10(20)9-12(13)19(21,22)23/h7-9H,2-6H2,1H3,(H2,24,25,28). The Hall–Kier alpha value is -1.84. The molecule has 10 heteroatoms. The molecule has 0 amide bonds. The Morgan fingerprint density at radius 2 is 1.93 bits per heavy atom. The molecule has 2 aromatic rings. The lowest BCUT2D eigenvalue weighted by atomic mass is 10.1. The van der Waals surface area contributed by atoms with Crippen LogP contribution in [0.25, 0.3) is 0 Å². The molecule has 0 saturated heterocycles. The zero-order chi connectivity index (χ0) is 21.2. The van der Waals surface area contributed by atoms with Gasteiger partial charge in [-0.15, -0.1) is 11.3 Å². The van der Waals surface area contributed by atoms with Gasteiger partial charge in [0.25, 0.3) is 0 Å².